The average Bonchev–Trinajstić information content (AvgIpc) is 2.82. The standard InChI is InChI=1S/C14H17N3OS.2ClH/c1-11-15-8-13(19-11)10-17(2)14(18)9-16-12-6-4-3-5-7-12;;/h3-8,16H,9-10H2,1-2H3;2*1H. The molecule has 2 rings (SSSR count). The van der Waals surface area contributed by atoms with Gasteiger partial charge in [-0.3, -0.25) is 4.79 Å². The third-order valence-corrected chi connectivity index (χ3v) is 3.60. The minimum absolute atomic E-state index is 0. The Morgan fingerprint density at radius 3 is 2.52 bits per heavy atom. The third-order valence-electron chi connectivity index (χ3n) is 2.71. The summed E-state index contributed by atoms with van der Waals surface area (Å²) in [5.41, 5.74) is 0.956. The number of hydrogen-bond donors (Lipinski definition) is 1. The molecule has 4 nitrogen and oxygen atoms in total. The fourth-order valence-corrected chi connectivity index (χ4v) is 2.52. The van der Waals surface area contributed by atoms with Crippen molar-refractivity contribution in [2.45, 2.75) is 13.5 Å². The number of rotatable bonds is 5. The lowest BCUT2D eigenvalue weighted by atomic mass is 10.3. The lowest BCUT2D eigenvalue weighted by molar-refractivity contribution is -0.128. The maximum Gasteiger partial charge on any atom is 0.241 e. The Balaban J connectivity index is 0.00000200. The number of nitrogens with zero attached hydrogens (tertiary/aromatic N) is 2. The molecule has 116 valence electrons. The van der Waals surface area contributed by atoms with E-state index in [1.807, 2.05) is 50.5 Å². The van der Waals surface area contributed by atoms with E-state index in [4.69, 9.17) is 0 Å². The van der Waals surface area contributed by atoms with Crippen molar-refractivity contribution in [3.05, 3.63) is 46.4 Å². The lowest BCUT2D eigenvalue weighted by Crippen LogP contribution is -2.31. The minimum Gasteiger partial charge on any atom is -0.376 e. The first-order valence-corrected chi connectivity index (χ1v) is 6.91. The molecule has 0 spiro atoms. The number of aryl methyl sites for hydroxylation is 1. The number of hydrogen-bond acceptors (Lipinski definition) is 4. The molecule has 1 heterocycles. The van der Waals surface area contributed by atoms with Crippen molar-refractivity contribution in [2.75, 3.05) is 18.9 Å². The number of thiazole rings is 1. The Labute approximate surface area is 141 Å². The van der Waals surface area contributed by atoms with Gasteiger partial charge in [-0.2, -0.15) is 0 Å². The molecule has 7 heteroatoms. The molecule has 21 heavy (non-hydrogen) atoms. The van der Waals surface area contributed by atoms with Crippen molar-refractivity contribution in [3.8, 4) is 0 Å². The summed E-state index contributed by atoms with van der Waals surface area (Å²) >= 11 is 1.62. The van der Waals surface area contributed by atoms with Gasteiger partial charge in [-0.25, -0.2) is 4.98 Å². The maximum atomic E-state index is 12.0. The van der Waals surface area contributed by atoms with Gasteiger partial charge in [0, 0.05) is 23.8 Å². The summed E-state index contributed by atoms with van der Waals surface area (Å²) in [7, 11) is 1.81. The van der Waals surface area contributed by atoms with Crippen LogP contribution in [0.15, 0.2) is 36.5 Å². The van der Waals surface area contributed by atoms with Crippen molar-refractivity contribution in [1.82, 2.24) is 9.88 Å². The number of aromatic nitrogens is 1. The number of halogens is 2. The van der Waals surface area contributed by atoms with Gasteiger partial charge >= 0.3 is 0 Å². The van der Waals surface area contributed by atoms with E-state index in [0.29, 0.717) is 13.1 Å². The Morgan fingerprint density at radius 1 is 1.29 bits per heavy atom. The van der Waals surface area contributed by atoms with Gasteiger partial charge in [-0.05, 0) is 19.1 Å². The summed E-state index contributed by atoms with van der Waals surface area (Å²) in [4.78, 5) is 19.0. The molecule has 0 saturated heterocycles. The van der Waals surface area contributed by atoms with Crippen LogP contribution in [0.3, 0.4) is 0 Å². The predicted octanol–water partition coefficient (Wildman–Crippen LogP) is 3.37. The number of carbonyl (C=O) groups is 1. The minimum atomic E-state index is 0. The quantitative estimate of drug-likeness (QED) is 0.901. The topological polar surface area (TPSA) is 45.2 Å². The zero-order valence-electron chi connectivity index (χ0n) is 11.9. The van der Waals surface area contributed by atoms with Gasteiger partial charge in [0.2, 0.25) is 5.91 Å². The molecule has 0 radical (unpaired) electrons. The van der Waals surface area contributed by atoms with Gasteiger partial charge < -0.3 is 10.2 Å². The first kappa shape index (κ1) is 19.7. The SMILES string of the molecule is Cc1ncc(CN(C)C(=O)CNc2ccccc2)s1.Cl.Cl. The van der Waals surface area contributed by atoms with Crippen LogP contribution in [-0.2, 0) is 11.3 Å². The maximum absolute atomic E-state index is 12.0. The summed E-state index contributed by atoms with van der Waals surface area (Å²) in [6.45, 7) is 2.88. The molecule has 0 bridgehead atoms. The summed E-state index contributed by atoms with van der Waals surface area (Å²) in [6, 6.07) is 9.72. The average molecular weight is 348 g/mol. The molecule has 0 atom stereocenters. The molecule has 1 N–H and O–H groups in total. The van der Waals surface area contributed by atoms with E-state index in [2.05, 4.69) is 10.3 Å². The van der Waals surface area contributed by atoms with Crippen LogP contribution in [0.25, 0.3) is 0 Å². The van der Waals surface area contributed by atoms with E-state index < -0.39 is 0 Å². The van der Waals surface area contributed by atoms with E-state index in [1.54, 1.807) is 16.2 Å². The van der Waals surface area contributed by atoms with Crippen LogP contribution in [-0.4, -0.2) is 29.4 Å². The van der Waals surface area contributed by atoms with E-state index in [0.717, 1.165) is 15.6 Å². The number of anilines is 1. The molecule has 0 aliphatic rings. The molecule has 2 aromatic rings. The van der Waals surface area contributed by atoms with E-state index in [9.17, 15) is 4.79 Å². The molecule has 1 aromatic carbocycles. The lowest BCUT2D eigenvalue weighted by Gasteiger charge is -2.16. The first-order chi connectivity index (χ1) is 9.15. The number of para-hydroxylation sites is 1. The van der Waals surface area contributed by atoms with Gasteiger partial charge in [0.1, 0.15) is 0 Å². The largest absolute Gasteiger partial charge is 0.376 e. The summed E-state index contributed by atoms with van der Waals surface area (Å²) < 4.78 is 0. The molecule has 0 fully saturated rings. The second kappa shape index (κ2) is 9.60. The molecule has 0 unspecified atom stereocenters. The van der Waals surface area contributed by atoms with Crippen LogP contribution in [0.4, 0.5) is 5.69 Å². The predicted molar refractivity (Wildman–Crippen MR) is 92.8 cm³/mol. The van der Waals surface area contributed by atoms with Crippen molar-refractivity contribution >= 4 is 47.7 Å². The van der Waals surface area contributed by atoms with Crippen molar-refractivity contribution in [3.63, 3.8) is 0 Å². The second-order valence-corrected chi connectivity index (χ2v) is 5.63. The highest BCUT2D eigenvalue weighted by atomic mass is 35.5. The van der Waals surface area contributed by atoms with Crippen LogP contribution < -0.4 is 5.32 Å². The highest BCUT2D eigenvalue weighted by Crippen LogP contribution is 2.13. The zero-order chi connectivity index (χ0) is 13.7. The third kappa shape index (κ3) is 6.33. The normalized spacial score (nSPS) is 9.24. The van der Waals surface area contributed by atoms with Crippen molar-refractivity contribution < 1.29 is 4.79 Å². The van der Waals surface area contributed by atoms with E-state index >= 15 is 0 Å². The Kier molecular flexibility index (Phi) is 9.01. The summed E-state index contributed by atoms with van der Waals surface area (Å²) in [6.07, 6.45) is 1.83. The van der Waals surface area contributed by atoms with Gasteiger partial charge in [0.15, 0.2) is 0 Å². The van der Waals surface area contributed by atoms with Crippen LogP contribution in [0.5, 0.6) is 0 Å². The van der Waals surface area contributed by atoms with Crippen molar-refractivity contribution in [1.29, 1.82) is 0 Å². The second-order valence-electron chi connectivity index (χ2n) is 4.31. The molecule has 0 aliphatic carbocycles. The Hall–Kier alpha value is -1.30. The molecular formula is C14H19Cl2N3OS. The number of amides is 1. The smallest absolute Gasteiger partial charge is 0.241 e. The van der Waals surface area contributed by atoms with E-state index in [-0.39, 0.29) is 30.7 Å². The van der Waals surface area contributed by atoms with E-state index in [1.165, 1.54) is 0 Å². The van der Waals surface area contributed by atoms with Gasteiger partial charge in [0.25, 0.3) is 0 Å². The molecule has 0 aliphatic heterocycles. The summed E-state index contributed by atoms with van der Waals surface area (Å²) in [5, 5.41) is 4.14. The zero-order valence-corrected chi connectivity index (χ0v) is 14.4. The molecular weight excluding hydrogens is 329 g/mol. The van der Waals surface area contributed by atoms with Gasteiger partial charge in [-0.1, -0.05) is 18.2 Å². The molecule has 1 amide bonds. The highest BCUT2D eigenvalue weighted by Gasteiger charge is 2.10. The number of nitrogens with one attached hydrogen (secondary N) is 1. The van der Waals surface area contributed by atoms with Gasteiger partial charge in [0.05, 0.1) is 18.1 Å². The summed E-state index contributed by atoms with van der Waals surface area (Å²) in [5.74, 6) is 0.0647. The Morgan fingerprint density at radius 2 is 1.95 bits per heavy atom. The van der Waals surface area contributed by atoms with Crippen LogP contribution in [0, 0.1) is 6.92 Å². The van der Waals surface area contributed by atoms with Crippen molar-refractivity contribution in [2.24, 2.45) is 0 Å². The van der Waals surface area contributed by atoms with Crippen LogP contribution in [0.1, 0.15) is 9.88 Å². The number of benzene rings is 1. The number of likely N-dealkylation sites (N-methyl/N-ethyl adjacent to an activating group) is 1. The van der Waals surface area contributed by atoms with Crippen LogP contribution >= 0.6 is 36.2 Å². The van der Waals surface area contributed by atoms with Crippen LogP contribution in [0.2, 0.25) is 0 Å². The fourth-order valence-electron chi connectivity index (χ4n) is 1.67. The number of carbonyl (C=O) groups excluding carboxylic acids is 1. The Bertz CT molecular complexity index is 548. The monoisotopic (exact) mass is 347 g/mol. The molecule has 1 aromatic heterocycles. The first-order valence-electron chi connectivity index (χ1n) is 6.09. The highest BCUT2D eigenvalue weighted by molar-refractivity contribution is 7.11. The van der Waals surface area contributed by atoms with Gasteiger partial charge in [-0.15, -0.1) is 36.2 Å². The fraction of sp³-hybridized carbons (Fsp3) is 0.286. The molecule has 0 saturated carbocycles.